The average Bonchev–Trinajstić information content (AvgIpc) is 2.78. The van der Waals surface area contributed by atoms with E-state index >= 15 is 0 Å². The van der Waals surface area contributed by atoms with Gasteiger partial charge in [-0.05, 0) is 43.9 Å². The van der Waals surface area contributed by atoms with Crippen molar-refractivity contribution in [2.45, 2.75) is 50.9 Å². The molecule has 1 saturated carbocycles. The first-order valence-electron chi connectivity index (χ1n) is 7.45. The lowest BCUT2D eigenvalue weighted by atomic mass is 9.89. The van der Waals surface area contributed by atoms with Crippen molar-refractivity contribution in [3.63, 3.8) is 0 Å². The van der Waals surface area contributed by atoms with Gasteiger partial charge < -0.3 is 4.57 Å². The van der Waals surface area contributed by atoms with Crippen molar-refractivity contribution in [3.05, 3.63) is 29.8 Å². The van der Waals surface area contributed by atoms with Gasteiger partial charge in [-0.1, -0.05) is 19.3 Å². The van der Waals surface area contributed by atoms with Gasteiger partial charge in [0.05, 0.1) is 16.4 Å². The molecular formula is C16H20ClFN2. The fourth-order valence-electron chi connectivity index (χ4n) is 3.24. The minimum atomic E-state index is -0.212. The summed E-state index contributed by atoms with van der Waals surface area (Å²) in [4.78, 5) is 4.58. The molecule has 20 heavy (non-hydrogen) atoms. The highest BCUT2D eigenvalue weighted by atomic mass is 35.5. The molecule has 0 aliphatic heterocycles. The van der Waals surface area contributed by atoms with Gasteiger partial charge in [0.15, 0.2) is 0 Å². The smallest absolute Gasteiger partial charge is 0.127 e. The van der Waals surface area contributed by atoms with Crippen LogP contribution in [0.3, 0.4) is 0 Å². The molecule has 2 aromatic rings. The van der Waals surface area contributed by atoms with Gasteiger partial charge in [0.25, 0.3) is 0 Å². The van der Waals surface area contributed by atoms with Crippen molar-refractivity contribution < 1.29 is 4.39 Å². The van der Waals surface area contributed by atoms with E-state index in [1.165, 1.54) is 38.2 Å². The summed E-state index contributed by atoms with van der Waals surface area (Å²) in [5.74, 6) is 1.31. The summed E-state index contributed by atoms with van der Waals surface area (Å²) in [5, 5.41) is -0.158. The topological polar surface area (TPSA) is 17.8 Å². The van der Waals surface area contributed by atoms with Crippen LogP contribution >= 0.6 is 11.6 Å². The van der Waals surface area contributed by atoms with E-state index in [-0.39, 0.29) is 11.2 Å². The number of rotatable bonds is 3. The fraction of sp³-hybridized carbons (Fsp3) is 0.562. The zero-order valence-electron chi connectivity index (χ0n) is 11.8. The predicted molar refractivity (Wildman–Crippen MR) is 80.5 cm³/mol. The van der Waals surface area contributed by atoms with Crippen LogP contribution in [-0.4, -0.2) is 9.55 Å². The van der Waals surface area contributed by atoms with Crippen LogP contribution in [0.1, 0.15) is 50.2 Å². The molecule has 0 amide bonds. The van der Waals surface area contributed by atoms with Crippen LogP contribution in [0.25, 0.3) is 11.0 Å². The van der Waals surface area contributed by atoms with Gasteiger partial charge >= 0.3 is 0 Å². The van der Waals surface area contributed by atoms with Gasteiger partial charge in [0.2, 0.25) is 0 Å². The third-order valence-electron chi connectivity index (χ3n) is 4.26. The number of hydrogen-bond donors (Lipinski definition) is 0. The van der Waals surface area contributed by atoms with Crippen molar-refractivity contribution in [1.29, 1.82) is 0 Å². The zero-order chi connectivity index (χ0) is 14.1. The van der Waals surface area contributed by atoms with Crippen LogP contribution in [0.15, 0.2) is 18.2 Å². The Balaban J connectivity index is 2.01. The van der Waals surface area contributed by atoms with E-state index in [4.69, 9.17) is 11.6 Å². The number of hydrogen-bond acceptors (Lipinski definition) is 1. The van der Waals surface area contributed by atoms with Gasteiger partial charge in [-0.15, -0.1) is 11.6 Å². The van der Waals surface area contributed by atoms with Crippen molar-refractivity contribution in [2.75, 3.05) is 0 Å². The monoisotopic (exact) mass is 294 g/mol. The maximum atomic E-state index is 13.5. The number of alkyl halides is 1. The Hall–Kier alpha value is -1.09. The Bertz CT molecular complexity index is 600. The van der Waals surface area contributed by atoms with E-state index in [2.05, 4.69) is 9.55 Å². The van der Waals surface area contributed by atoms with E-state index in [1.807, 2.05) is 6.92 Å². The zero-order valence-corrected chi connectivity index (χ0v) is 12.5. The van der Waals surface area contributed by atoms with Crippen LogP contribution in [-0.2, 0) is 6.54 Å². The SMILES string of the molecule is CC(Cl)c1nc2ccc(F)cc2n1CC1CCCCC1. The highest BCUT2D eigenvalue weighted by Gasteiger charge is 2.20. The molecule has 2 nitrogen and oxygen atoms in total. The van der Waals surface area contributed by atoms with Crippen LogP contribution in [0.5, 0.6) is 0 Å². The Morgan fingerprint density at radius 1 is 1.35 bits per heavy atom. The third kappa shape index (κ3) is 2.69. The van der Waals surface area contributed by atoms with E-state index in [0.717, 1.165) is 23.4 Å². The van der Waals surface area contributed by atoms with E-state index in [1.54, 1.807) is 12.1 Å². The maximum Gasteiger partial charge on any atom is 0.127 e. The molecule has 108 valence electrons. The molecule has 1 heterocycles. The molecule has 1 aliphatic carbocycles. The lowest BCUT2D eigenvalue weighted by Crippen LogP contribution is -2.16. The second-order valence-corrected chi connectivity index (χ2v) is 6.49. The summed E-state index contributed by atoms with van der Waals surface area (Å²) in [5.41, 5.74) is 1.71. The van der Waals surface area contributed by atoms with Gasteiger partial charge in [-0.3, -0.25) is 0 Å². The van der Waals surface area contributed by atoms with E-state index in [0.29, 0.717) is 5.92 Å². The van der Waals surface area contributed by atoms with Gasteiger partial charge in [-0.2, -0.15) is 0 Å². The van der Waals surface area contributed by atoms with Crippen molar-refractivity contribution in [3.8, 4) is 0 Å². The number of benzene rings is 1. The number of imidazole rings is 1. The van der Waals surface area contributed by atoms with Crippen molar-refractivity contribution in [2.24, 2.45) is 5.92 Å². The molecule has 0 radical (unpaired) electrons. The molecule has 1 unspecified atom stereocenters. The van der Waals surface area contributed by atoms with Crippen molar-refractivity contribution >= 4 is 22.6 Å². The van der Waals surface area contributed by atoms with E-state index < -0.39 is 0 Å². The van der Waals surface area contributed by atoms with Gasteiger partial charge in [-0.25, -0.2) is 9.37 Å². The summed E-state index contributed by atoms with van der Waals surface area (Å²) in [7, 11) is 0. The molecule has 1 aliphatic rings. The second kappa shape index (κ2) is 5.72. The molecule has 0 N–H and O–H groups in total. The number of nitrogens with zero attached hydrogens (tertiary/aromatic N) is 2. The number of aromatic nitrogens is 2. The summed E-state index contributed by atoms with van der Waals surface area (Å²) in [6.07, 6.45) is 6.46. The second-order valence-electron chi connectivity index (χ2n) is 5.83. The van der Waals surface area contributed by atoms with Crippen LogP contribution < -0.4 is 0 Å². The molecule has 4 heteroatoms. The Labute approximate surface area is 123 Å². The largest absolute Gasteiger partial charge is 0.326 e. The van der Waals surface area contributed by atoms with Crippen LogP contribution in [0.4, 0.5) is 4.39 Å². The molecule has 1 atom stereocenters. The molecule has 1 fully saturated rings. The maximum absolute atomic E-state index is 13.5. The third-order valence-corrected chi connectivity index (χ3v) is 4.46. The molecule has 3 rings (SSSR count). The van der Waals surface area contributed by atoms with Crippen LogP contribution in [0, 0.1) is 11.7 Å². The summed E-state index contributed by atoms with van der Waals surface area (Å²) >= 11 is 6.26. The molecule has 0 saturated heterocycles. The molecule has 1 aromatic carbocycles. The van der Waals surface area contributed by atoms with Crippen molar-refractivity contribution in [1.82, 2.24) is 9.55 Å². The van der Waals surface area contributed by atoms with E-state index in [9.17, 15) is 4.39 Å². The summed E-state index contributed by atoms with van der Waals surface area (Å²) in [6, 6.07) is 4.78. The Morgan fingerprint density at radius 3 is 2.80 bits per heavy atom. The van der Waals surface area contributed by atoms with Gasteiger partial charge in [0.1, 0.15) is 11.6 Å². The standard InChI is InChI=1S/C16H20ClFN2/c1-11(17)16-19-14-8-7-13(18)9-15(14)20(16)10-12-5-3-2-4-6-12/h7-9,11-12H,2-6,10H2,1H3. The average molecular weight is 295 g/mol. The molecular weight excluding hydrogens is 275 g/mol. The molecule has 0 bridgehead atoms. The lowest BCUT2D eigenvalue weighted by molar-refractivity contribution is 0.319. The predicted octanol–water partition coefficient (Wildman–Crippen LogP) is 5.06. The summed E-state index contributed by atoms with van der Waals surface area (Å²) in [6.45, 7) is 2.84. The normalized spacial score (nSPS) is 18.6. The van der Waals surface area contributed by atoms with Crippen LogP contribution in [0.2, 0.25) is 0 Å². The highest BCUT2D eigenvalue weighted by molar-refractivity contribution is 6.20. The first kappa shape index (κ1) is 13.9. The molecule has 0 spiro atoms. The Morgan fingerprint density at radius 2 is 2.10 bits per heavy atom. The minimum absolute atomic E-state index is 0.158. The quantitative estimate of drug-likeness (QED) is 0.724. The first-order chi connectivity index (χ1) is 9.65. The minimum Gasteiger partial charge on any atom is -0.326 e. The molecule has 1 aromatic heterocycles. The Kier molecular flexibility index (Phi) is 3.97. The first-order valence-corrected chi connectivity index (χ1v) is 7.88. The highest BCUT2D eigenvalue weighted by Crippen LogP contribution is 2.30. The van der Waals surface area contributed by atoms with Gasteiger partial charge in [0, 0.05) is 6.54 Å². The fourth-order valence-corrected chi connectivity index (χ4v) is 3.40. The lowest BCUT2D eigenvalue weighted by Gasteiger charge is -2.23. The summed E-state index contributed by atoms with van der Waals surface area (Å²) < 4.78 is 15.7. The number of fused-ring (bicyclic) bond motifs is 1. The number of halogens is 2.